The highest BCUT2D eigenvalue weighted by Gasteiger charge is 2.20. The molecule has 4 nitrogen and oxygen atoms in total. The summed E-state index contributed by atoms with van der Waals surface area (Å²) in [5, 5.41) is 13.3. The highest BCUT2D eigenvalue weighted by molar-refractivity contribution is 6.15. The molecule has 0 fully saturated rings. The lowest BCUT2D eigenvalue weighted by Gasteiger charge is -2.18. The predicted octanol–water partition coefficient (Wildman–Crippen LogP) is 7.71. The van der Waals surface area contributed by atoms with Gasteiger partial charge in [-0.05, 0) is 61.1 Å². The minimum atomic E-state index is -0.203. The molecule has 0 aliphatic heterocycles. The number of nitrogens with two attached hydrogens (primary N) is 1. The summed E-state index contributed by atoms with van der Waals surface area (Å²) in [5.41, 5.74) is 13.3. The van der Waals surface area contributed by atoms with Gasteiger partial charge in [-0.3, -0.25) is 9.56 Å². The molecule has 4 aromatic rings. The number of hydrogen-bond donors (Lipinski definition) is 2. The smallest absolute Gasteiger partial charge is 0.133 e. The van der Waals surface area contributed by atoms with E-state index in [1.54, 1.807) is 0 Å². The first-order valence-electron chi connectivity index (χ1n) is 12.6. The van der Waals surface area contributed by atoms with Gasteiger partial charge in [-0.25, -0.2) is 0 Å². The van der Waals surface area contributed by atoms with Crippen molar-refractivity contribution in [2.75, 3.05) is 5.73 Å². The van der Waals surface area contributed by atoms with E-state index in [-0.39, 0.29) is 6.04 Å². The molecule has 1 atom stereocenters. The molecule has 0 bridgehead atoms. The summed E-state index contributed by atoms with van der Waals surface area (Å²) in [6.07, 6.45) is 18.8. The number of allylic oxidation sites excluding steroid dienone is 6. The van der Waals surface area contributed by atoms with E-state index in [0.29, 0.717) is 5.75 Å². The maximum Gasteiger partial charge on any atom is 0.133 e. The molecule has 178 valence electrons. The Morgan fingerprint density at radius 1 is 0.917 bits per heavy atom. The van der Waals surface area contributed by atoms with Crippen LogP contribution in [0.4, 0.5) is 5.69 Å². The van der Waals surface area contributed by atoms with Gasteiger partial charge >= 0.3 is 0 Å². The largest absolute Gasteiger partial charge is 0.507 e. The summed E-state index contributed by atoms with van der Waals surface area (Å²) in [5.74, 6) is 0.333. The van der Waals surface area contributed by atoms with Gasteiger partial charge in [0.05, 0.1) is 22.8 Å². The fourth-order valence-electron chi connectivity index (χ4n) is 5.36. The van der Waals surface area contributed by atoms with Crippen LogP contribution < -0.4 is 5.73 Å². The SMILES string of the molecule is Nc1ccccc1C(N=Cn1c2ccccc2c2c(O)c(C3=CC=CCC3)ccc21)C1=CCCC=C1. The molecule has 1 unspecified atom stereocenters. The van der Waals surface area contributed by atoms with Gasteiger partial charge < -0.3 is 10.8 Å². The summed E-state index contributed by atoms with van der Waals surface area (Å²) in [6.45, 7) is 0. The Morgan fingerprint density at radius 3 is 2.58 bits per heavy atom. The van der Waals surface area contributed by atoms with E-state index in [1.807, 2.05) is 42.7 Å². The molecule has 4 heteroatoms. The second-order valence-corrected chi connectivity index (χ2v) is 9.38. The third-order valence-electron chi connectivity index (χ3n) is 7.17. The average Bonchev–Trinajstić information content (AvgIpc) is 3.25. The van der Waals surface area contributed by atoms with Crippen LogP contribution in [0.5, 0.6) is 5.75 Å². The summed E-state index contributed by atoms with van der Waals surface area (Å²) in [7, 11) is 0. The van der Waals surface area contributed by atoms with E-state index < -0.39 is 0 Å². The second-order valence-electron chi connectivity index (χ2n) is 9.38. The summed E-state index contributed by atoms with van der Waals surface area (Å²) < 4.78 is 2.09. The minimum absolute atomic E-state index is 0.203. The number of phenolic OH excluding ortho intramolecular Hbond substituents is 1. The Hall–Kier alpha value is -4.31. The van der Waals surface area contributed by atoms with Crippen molar-refractivity contribution in [1.82, 2.24) is 4.57 Å². The zero-order valence-corrected chi connectivity index (χ0v) is 20.1. The van der Waals surface area contributed by atoms with Crippen molar-refractivity contribution in [3.8, 4) is 5.75 Å². The van der Waals surface area contributed by atoms with Gasteiger partial charge in [-0.15, -0.1) is 0 Å². The number of aromatic hydroxyl groups is 1. The first kappa shape index (κ1) is 22.2. The molecule has 3 N–H and O–H groups in total. The van der Waals surface area contributed by atoms with Gasteiger partial charge in [0.1, 0.15) is 11.8 Å². The number of phenols is 1. The Labute approximate surface area is 211 Å². The number of fused-ring (bicyclic) bond motifs is 3. The lowest BCUT2D eigenvalue weighted by atomic mass is 9.94. The van der Waals surface area contributed by atoms with Crippen molar-refractivity contribution in [3.05, 3.63) is 114 Å². The Bertz CT molecular complexity index is 1610. The van der Waals surface area contributed by atoms with Crippen LogP contribution >= 0.6 is 0 Å². The van der Waals surface area contributed by atoms with Crippen LogP contribution in [0.2, 0.25) is 0 Å². The molecule has 1 heterocycles. The van der Waals surface area contributed by atoms with Gasteiger partial charge in [0.15, 0.2) is 0 Å². The molecule has 1 aromatic heterocycles. The fraction of sp³-hybridized carbons (Fsp3) is 0.156. The molecule has 0 amide bonds. The topological polar surface area (TPSA) is 63.5 Å². The molecule has 2 aliphatic carbocycles. The van der Waals surface area contributed by atoms with Gasteiger partial charge in [0.2, 0.25) is 0 Å². The predicted molar refractivity (Wildman–Crippen MR) is 151 cm³/mol. The standard InChI is InChI=1S/C32H29N3O/c33-27-17-9-7-15-25(27)31(23-13-5-2-6-14-23)34-21-35-28-18-10-8-16-26(28)30-29(35)20-19-24(32(30)36)22-11-3-1-4-12-22/h1,3,5,7-11,13-21,31,36H,2,4,6,12,33H2. The molecular formula is C32H29N3O. The number of benzene rings is 3. The zero-order valence-electron chi connectivity index (χ0n) is 20.1. The molecule has 0 spiro atoms. The summed E-state index contributed by atoms with van der Waals surface area (Å²) in [4.78, 5) is 5.10. The van der Waals surface area contributed by atoms with Gasteiger partial charge in [-0.1, -0.05) is 72.9 Å². The highest BCUT2D eigenvalue weighted by atomic mass is 16.3. The third kappa shape index (κ3) is 3.85. The van der Waals surface area contributed by atoms with E-state index >= 15 is 0 Å². The van der Waals surface area contributed by atoms with E-state index in [1.165, 1.54) is 0 Å². The van der Waals surface area contributed by atoms with Gasteiger partial charge in [0.25, 0.3) is 0 Å². The third-order valence-corrected chi connectivity index (χ3v) is 7.17. The van der Waals surface area contributed by atoms with Crippen molar-refractivity contribution in [1.29, 1.82) is 0 Å². The normalized spacial score (nSPS) is 16.6. The highest BCUT2D eigenvalue weighted by Crippen LogP contribution is 2.41. The van der Waals surface area contributed by atoms with Gasteiger partial charge in [-0.2, -0.15) is 0 Å². The number of anilines is 1. The molecule has 6 rings (SSSR count). The van der Waals surface area contributed by atoms with Gasteiger partial charge in [0, 0.05) is 22.2 Å². The number of hydrogen-bond acceptors (Lipinski definition) is 3. The Balaban J connectivity index is 1.52. The minimum Gasteiger partial charge on any atom is -0.507 e. The van der Waals surface area contributed by atoms with E-state index in [0.717, 1.165) is 75.4 Å². The van der Waals surface area contributed by atoms with E-state index in [9.17, 15) is 5.11 Å². The Morgan fingerprint density at radius 2 is 1.78 bits per heavy atom. The fourth-order valence-corrected chi connectivity index (χ4v) is 5.36. The number of rotatable bonds is 5. The van der Waals surface area contributed by atoms with Crippen LogP contribution in [0.1, 0.15) is 42.9 Å². The van der Waals surface area contributed by atoms with Crippen molar-refractivity contribution >= 4 is 39.4 Å². The second kappa shape index (κ2) is 9.38. The van der Waals surface area contributed by atoms with Crippen LogP contribution in [0, 0.1) is 0 Å². The number of para-hydroxylation sites is 2. The molecule has 3 aromatic carbocycles. The van der Waals surface area contributed by atoms with Crippen LogP contribution in [0.15, 0.2) is 108 Å². The van der Waals surface area contributed by atoms with Crippen molar-refractivity contribution in [2.24, 2.45) is 4.99 Å². The molecule has 0 saturated heterocycles. The van der Waals surface area contributed by atoms with Crippen molar-refractivity contribution in [3.63, 3.8) is 0 Å². The zero-order chi connectivity index (χ0) is 24.5. The maximum atomic E-state index is 11.5. The van der Waals surface area contributed by atoms with E-state index in [4.69, 9.17) is 10.7 Å². The lowest BCUT2D eigenvalue weighted by molar-refractivity contribution is 0.480. The molecule has 0 saturated carbocycles. The molecule has 0 radical (unpaired) electrons. The summed E-state index contributed by atoms with van der Waals surface area (Å²) in [6, 6.07) is 20.1. The van der Waals surface area contributed by atoms with E-state index in [2.05, 4.69) is 65.3 Å². The van der Waals surface area contributed by atoms with Crippen molar-refractivity contribution < 1.29 is 5.11 Å². The summed E-state index contributed by atoms with van der Waals surface area (Å²) >= 11 is 0. The first-order chi connectivity index (χ1) is 17.7. The number of aromatic nitrogens is 1. The quantitative estimate of drug-likeness (QED) is 0.178. The van der Waals surface area contributed by atoms with Crippen LogP contribution in [0.25, 0.3) is 27.4 Å². The lowest BCUT2D eigenvalue weighted by Crippen LogP contribution is -2.06. The van der Waals surface area contributed by atoms with Crippen molar-refractivity contribution in [2.45, 2.75) is 31.7 Å². The molecule has 2 aliphatic rings. The van der Waals surface area contributed by atoms with Crippen LogP contribution in [-0.4, -0.2) is 16.0 Å². The Kier molecular flexibility index (Phi) is 5.78. The average molecular weight is 472 g/mol. The molecular weight excluding hydrogens is 442 g/mol. The number of nitrogen functional groups attached to an aromatic ring is 1. The number of aliphatic imine (C=N–C) groups is 1. The monoisotopic (exact) mass is 471 g/mol. The van der Waals surface area contributed by atoms with Crippen LogP contribution in [0.3, 0.4) is 0 Å². The van der Waals surface area contributed by atoms with Crippen LogP contribution in [-0.2, 0) is 0 Å². The first-order valence-corrected chi connectivity index (χ1v) is 12.6. The maximum absolute atomic E-state index is 11.5. The number of nitrogens with zero attached hydrogens (tertiary/aromatic N) is 2. The molecule has 36 heavy (non-hydrogen) atoms.